The normalized spacial score (nSPS) is 12.3. The minimum atomic E-state index is -0.550. The van der Waals surface area contributed by atoms with Gasteiger partial charge in [0.15, 0.2) is 0 Å². The van der Waals surface area contributed by atoms with Crippen molar-refractivity contribution in [3.05, 3.63) is 70.8 Å². The van der Waals surface area contributed by atoms with Crippen molar-refractivity contribution in [2.24, 2.45) is 0 Å². The lowest BCUT2D eigenvalue weighted by Crippen LogP contribution is -1.96. The molecule has 0 saturated carbocycles. The van der Waals surface area contributed by atoms with E-state index in [2.05, 4.69) is 42.8 Å². The number of fused-ring (bicyclic) bond motifs is 1. The quantitative estimate of drug-likeness (QED) is 0.535. The van der Waals surface area contributed by atoms with Gasteiger partial charge >= 0.3 is 11.9 Å². The molecule has 0 spiro atoms. The van der Waals surface area contributed by atoms with E-state index in [-0.39, 0.29) is 0 Å². The Labute approximate surface area is 111 Å². The number of aryl methyl sites for hydroxylation is 2. The minimum absolute atomic E-state index is 0.359. The molecular formula is C16H14O3. The van der Waals surface area contributed by atoms with Gasteiger partial charge in [-0.1, -0.05) is 36.4 Å². The van der Waals surface area contributed by atoms with Crippen molar-refractivity contribution in [2.45, 2.75) is 13.8 Å². The van der Waals surface area contributed by atoms with Crippen molar-refractivity contribution in [2.75, 3.05) is 0 Å². The molecule has 1 aliphatic rings. The number of carbonyl (C=O) groups excluding carboxylic acids is 2. The number of hydrogen-bond acceptors (Lipinski definition) is 3. The van der Waals surface area contributed by atoms with Gasteiger partial charge in [0, 0.05) is 0 Å². The smallest absolute Gasteiger partial charge is 0.346 e. The van der Waals surface area contributed by atoms with E-state index >= 15 is 0 Å². The van der Waals surface area contributed by atoms with Gasteiger partial charge in [-0.05, 0) is 37.1 Å². The number of cyclic esters (lactones) is 2. The first kappa shape index (κ1) is 13.0. The van der Waals surface area contributed by atoms with E-state index in [4.69, 9.17) is 0 Å². The average Bonchev–Trinajstić information content (AvgIpc) is 2.70. The first-order valence-electron chi connectivity index (χ1n) is 5.97. The summed E-state index contributed by atoms with van der Waals surface area (Å²) in [5.41, 5.74) is 3.45. The van der Waals surface area contributed by atoms with E-state index in [1.54, 1.807) is 24.3 Å². The summed E-state index contributed by atoms with van der Waals surface area (Å²) in [6.45, 7) is 4.24. The van der Waals surface area contributed by atoms with Gasteiger partial charge in [0.25, 0.3) is 0 Å². The van der Waals surface area contributed by atoms with E-state index in [1.807, 2.05) is 0 Å². The van der Waals surface area contributed by atoms with E-state index in [0.717, 1.165) is 0 Å². The second-order valence-electron chi connectivity index (χ2n) is 4.31. The molecule has 19 heavy (non-hydrogen) atoms. The van der Waals surface area contributed by atoms with Gasteiger partial charge in [0.1, 0.15) is 0 Å². The number of esters is 2. The van der Waals surface area contributed by atoms with Gasteiger partial charge in [0.05, 0.1) is 11.1 Å². The summed E-state index contributed by atoms with van der Waals surface area (Å²) in [5, 5.41) is 0. The van der Waals surface area contributed by atoms with Gasteiger partial charge in [-0.2, -0.15) is 0 Å². The molecule has 3 nitrogen and oxygen atoms in total. The van der Waals surface area contributed by atoms with Crippen LogP contribution in [0.25, 0.3) is 0 Å². The molecule has 0 unspecified atom stereocenters. The van der Waals surface area contributed by atoms with Gasteiger partial charge in [-0.3, -0.25) is 0 Å². The topological polar surface area (TPSA) is 43.4 Å². The Morgan fingerprint density at radius 3 is 1.42 bits per heavy atom. The van der Waals surface area contributed by atoms with Crippen molar-refractivity contribution in [1.29, 1.82) is 0 Å². The van der Waals surface area contributed by atoms with Crippen LogP contribution in [0.5, 0.6) is 0 Å². The Morgan fingerprint density at radius 2 is 1.05 bits per heavy atom. The number of carbonyl (C=O) groups is 2. The Hall–Kier alpha value is -2.42. The van der Waals surface area contributed by atoms with Crippen molar-refractivity contribution >= 4 is 11.9 Å². The second kappa shape index (κ2) is 5.48. The molecule has 2 aromatic rings. The van der Waals surface area contributed by atoms with Gasteiger partial charge in [0.2, 0.25) is 0 Å². The van der Waals surface area contributed by atoms with E-state index in [1.165, 1.54) is 11.1 Å². The Morgan fingerprint density at radius 1 is 0.684 bits per heavy atom. The number of rotatable bonds is 0. The lowest BCUT2D eigenvalue weighted by Gasteiger charge is -1.93. The Kier molecular flexibility index (Phi) is 3.76. The first-order chi connectivity index (χ1) is 9.09. The highest BCUT2D eigenvalue weighted by atomic mass is 16.6. The van der Waals surface area contributed by atoms with Crippen molar-refractivity contribution in [3.63, 3.8) is 0 Å². The molecule has 0 amide bonds. The fourth-order valence-corrected chi connectivity index (χ4v) is 1.70. The zero-order valence-electron chi connectivity index (χ0n) is 10.8. The molecule has 0 N–H and O–H groups in total. The standard InChI is InChI=1S/C8H4O3.C8H10/c9-7-5-3-1-2-4-6(5)8(10)11-7;1-7-5-3-4-6-8(7)2/h1-4H;3-6H,1-2H3. The van der Waals surface area contributed by atoms with Crippen molar-refractivity contribution in [1.82, 2.24) is 0 Å². The summed E-state index contributed by atoms with van der Waals surface area (Å²) in [7, 11) is 0. The fourth-order valence-electron chi connectivity index (χ4n) is 1.70. The number of hydrogen-bond donors (Lipinski definition) is 0. The molecule has 2 aromatic carbocycles. The molecule has 0 aliphatic carbocycles. The second-order valence-corrected chi connectivity index (χ2v) is 4.31. The average molecular weight is 254 g/mol. The lowest BCUT2D eigenvalue weighted by atomic mass is 10.1. The summed E-state index contributed by atoms with van der Waals surface area (Å²) >= 11 is 0. The van der Waals surface area contributed by atoms with Gasteiger partial charge < -0.3 is 4.74 Å². The third-order valence-electron chi connectivity index (χ3n) is 2.98. The van der Waals surface area contributed by atoms with Gasteiger partial charge in [-0.15, -0.1) is 0 Å². The van der Waals surface area contributed by atoms with Crippen molar-refractivity contribution < 1.29 is 14.3 Å². The van der Waals surface area contributed by atoms with Crippen LogP contribution in [-0.4, -0.2) is 11.9 Å². The molecule has 3 heteroatoms. The summed E-state index contributed by atoms with van der Waals surface area (Å²) < 4.78 is 4.35. The van der Waals surface area contributed by atoms with Crippen LogP contribution < -0.4 is 0 Å². The maximum absolute atomic E-state index is 10.8. The Balaban J connectivity index is 0.000000148. The molecule has 0 saturated heterocycles. The molecule has 0 radical (unpaired) electrons. The van der Waals surface area contributed by atoms with Crippen LogP contribution in [0.1, 0.15) is 31.8 Å². The highest BCUT2D eigenvalue weighted by molar-refractivity contribution is 6.14. The number of benzene rings is 2. The van der Waals surface area contributed by atoms with Crippen LogP contribution in [0.15, 0.2) is 48.5 Å². The zero-order chi connectivity index (χ0) is 13.8. The molecule has 3 rings (SSSR count). The molecular weight excluding hydrogens is 240 g/mol. The highest BCUT2D eigenvalue weighted by Crippen LogP contribution is 2.18. The lowest BCUT2D eigenvalue weighted by molar-refractivity contribution is 0.0444. The van der Waals surface area contributed by atoms with E-state index in [0.29, 0.717) is 11.1 Å². The van der Waals surface area contributed by atoms with Crippen LogP contribution >= 0.6 is 0 Å². The maximum atomic E-state index is 10.8. The molecule has 0 atom stereocenters. The minimum Gasteiger partial charge on any atom is -0.386 e. The molecule has 0 bridgehead atoms. The van der Waals surface area contributed by atoms with Crippen LogP contribution in [0.3, 0.4) is 0 Å². The van der Waals surface area contributed by atoms with Gasteiger partial charge in [-0.25, -0.2) is 9.59 Å². The highest BCUT2D eigenvalue weighted by Gasteiger charge is 2.28. The third-order valence-corrected chi connectivity index (χ3v) is 2.98. The fraction of sp³-hybridized carbons (Fsp3) is 0.125. The predicted octanol–water partition coefficient (Wildman–Crippen LogP) is 3.30. The zero-order valence-corrected chi connectivity index (χ0v) is 10.8. The van der Waals surface area contributed by atoms with E-state index in [9.17, 15) is 9.59 Å². The molecule has 1 heterocycles. The summed E-state index contributed by atoms with van der Waals surface area (Å²) in [6, 6.07) is 14.9. The van der Waals surface area contributed by atoms with Crippen LogP contribution in [0.4, 0.5) is 0 Å². The Bertz CT molecular complexity index is 575. The van der Waals surface area contributed by atoms with E-state index < -0.39 is 11.9 Å². The van der Waals surface area contributed by atoms with Crippen LogP contribution in [-0.2, 0) is 4.74 Å². The first-order valence-corrected chi connectivity index (χ1v) is 5.97. The largest absolute Gasteiger partial charge is 0.386 e. The van der Waals surface area contributed by atoms with Crippen LogP contribution in [0.2, 0.25) is 0 Å². The predicted molar refractivity (Wildman–Crippen MR) is 72.1 cm³/mol. The molecule has 1 aliphatic heterocycles. The monoisotopic (exact) mass is 254 g/mol. The van der Waals surface area contributed by atoms with Crippen LogP contribution in [0, 0.1) is 13.8 Å². The summed E-state index contributed by atoms with van der Waals surface area (Å²) in [6.07, 6.45) is 0. The summed E-state index contributed by atoms with van der Waals surface area (Å²) in [4.78, 5) is 21.7. The maximum Gasteiger partial charge on any atom is 0.346 e. The summed E-state index contributed by atoms with van der Waals surface area (Å²) in [5.74, 6) is -1.10. The molecule has 0 fully saturated rings. The number of ether oxygens (including phenoxy) is 1. The third kappa shape index (κ3) is 2.88. The molecule has 96 valence electrons. The van der Waals surface area contributed by atoms with Crippen molar-refractivity contribution in [3.8, 4) is 0 Å². The molecule has 0 aromatic heterocycles. The SMILES string of the molecule is Cc1ccccc1C.O=C1OC(=O)c2ccccc21.